The van der Waals surface area contributed by atoms with Crippen LogP contribution in [-0.4, -0.2) is 80.0 Å². The predicted molar refractivity (Wildman–Crippen MR) is 128 cm³/mol. The predicted octanol–water partition coefficient (Wildman–Crippen LogP) is 3.67. The van der Waals surface area contributed by atoms with E-state index in [0.717, 1.165) is 18.1 Å². The largest absolute Gasteiger partial charge is 0.482 e. The number of nitrogens with one attached hydrogen (secondary N) is 1. The van der Waals surface area contributed by atoms with Crippen LogP contribution in [0, 0.1) is 5.92 Å². The van der Waals surface area contributed by atoms with Crippen LogP contribution in [0.15, 0.2) is 18.2 Å². The molecule has 1 heterocycles. The van der Waals surface area contributed by atoms with E-state index in [4.69, 9.17) is 27.9 Å². The number of carbonyl (C=O) groups excluding carboxylic acids is 2. The molecule has 0 aliphatic carbocycles. The Kier molecular flexibility index (Phi) is 11.5. The summed E-state index contributed by atoms with van der Waals surface area (Å²) in [4.78, 5) is 28.6. The quantitative estimate of drug-likeness (QED) is 0.374. The van der Waals surface area contributed by atoms with Crippen LogP contribution in [0.2, 0.25) is 10.0 Å². The number of carbonyl (C=O) groups is 2. The zero-order chi connectivity index (χ0) is 21.9. The van der Waals surface area contributed by atoms with E-state index >= 15 is 0 Å². The average molecular weight is 495 g/mol. The van der Waals surface area contributed by atoms with Gasteiger partial charge in [-0.3, -0.25) is 9.59 Å². The van der Waals surface area contributed by atoms with Gasteiger partial charge in [-0.1, -0.05) is 44.8 Å². The van der Waals surface area contributed by atoms with E-state index < -0.39 is 0 Å². The molecule has 1 aromatic rings. The molecule has 1 fully saturated rings. The van der Waals surface area contributed by atoms with Crippen molar-refractivity contribution in [2.24, 2.45) is 5.92 Å². The topological polar surface area (TPSA) is 61.9 Å². The summed E-state index contributed by atoms with van der Waals surface area (Å²) in [5, 5.41) is 3.91. The minimum absolute atomic E-state index is 0.0351. The molecular weight excluding hydrogens is 465 g/mol. The summed E-state index contributed by atoms with van der Waals surface area (Å²) in [6, 6.07) is 4.89. The molecule has 1 saturated heterocycles. The zero-order valence-electron chi connectivity index (χ0n) is 17.4. The molecule has 0 radical (unpaired) electrons. The molecule has 1 aromatic carbocycles. The molecule has 0 spiro atoms. The Morgan fingerprint density at radius 1 is 1.20 bits per heavy atom. The van der Waals surface area contributed by atoms with Crippen LogP contribution in [0.25, 0.3) is 0 Å². The smallest absolute Gasteiger partial charge is 0.260 e. The molecule has 0 unspecified atom stereocenters. The number of likely N-dealkylation sites (tertiary alicyclic amines) is 1. The summed E-state index contributed by atoms with van der Waals surface area (Å²) in [6.45, 7) is 2.76. The average Bonchev–Trinajstić information content (AvgIpc) is 2.72. The maximum Gasteiger partial charge on any atom is 0.260 e. The summed E-state index contributed by atoms with van der Waals surface area (Å²) in [6.07, 6.45) is 1.34. The fourth-order valence-electron chi connectivity index (χ4n) is 2.91. The van der Waals surface area contributed by atoms with Crippen LogP contribution in [0.3, 0.4) is 0 Å². The lowest BCUT2D eigenvalue weighted by molar-refractivity contribution is -0.137. The highest BCUT2D eigenvalue weighted by Crippen LogP contribution is 2.27. The summed E-state index contributed by atoms with van der Waals surface area (Å²) >= 11 is 11.9. The number of rotatable bonds is 11. The van der Waals surface area contributed by atoms with Crippen molar-refractivity contribution in [3.63, 3.8) is 0 Å². The molecule has 0 bridgehead atoms. The Hall–Kier alpha value is -0.800. The SMILES string of the molecule is CN(C)CCSSCCNC(=O)C1CCN(C(=O)COc2ccc(Cl)cc2Cl)CC1. The van der Waals surface area contributed by atoms with Gasteiger partial charge in [0.15, 0.2) is 6.61 Å². The Morgan fingerprint density at radius 3 is 2.57 bits per heavy atom. The fourth-order valence-corrected chi connectivity index (χ4v) is 5.42. The monoisotopic (exact) mass is 493 g/mol. The molecule has 1 N–H and O–H groups in total. The molecule has 0 aromatic heterocycles. The third-order valence-corrected chi connectivity index (χ3v) is 7.57. The van der Waals surface area contributed by atoms with Crippen LogP contribution < -0.4 is 10.1 Å². The van der Waals surface area contributed by atoms with Gasteiger partial charge in [0.05, 0.1) is 5.02 Å². The first kappa shape index (κ1) is 25.5. The van der Waals surface area contributed by atoms with Crippen LogP contribution in [0.5, 0.6) is 5.75 Å². The lowest BCUT2D eigenvalue weighted by Crippen LogP contribution is -2.44. The number of benzene rings is 1. The van der Waals surface area contributed by atoms with Crippen molar-refractivity contribution in [3.8, 4) is 5.75 Å². The lowest BCUT2D eigenvalue weighted by Gasteiger charge is -2.31. The van der Waals surface area contributed by atoms with Crippen molar-refractivity contribution < 1.29 is 14.3 Å². The van der Waals surface area contributed by atoms with E-state index in [1.807, 2.05) is 10.8 Å². The number of nitrogens with zero attached hydrogens (tertiary/aromatic N) is 2. The number of halogens is 2. The second kappa shape index (κ2) is 13.6. The highest BCUT2D eigenvalue weighted by molar-refractivity contribution is 8.76. The van der Waals surface area contributed by atoms with Crippen molar-refractivity contribution in [1.29, 1.82) is 0 Å². The van der Waals surface area contributed by atoms with E-state index in [9.17, 15) is 9.59 Å². The molecule has 168 valence electrons. The highest BCUT2D eigenvalue weighted by atomic mass is 35.5. The number of hydrogen-bond donors (Lipinski definition) is 1. The van der Waals surface area contributed by atoms with Gasteiger partial charge in [0.2, 0.25) is 5.91 Å². The first-order valence-corrected chi connectivity index (χ1v) is 13.1. The molecule has 1 aliphatic heterocycles. The van der Waals surface area contributed by atoms with Crippen LogP contribution in [-0.2, 0) is 9.59 Å². The molecule has 6 nitrogen and oxygen atoms in total. The standard InChI is InChI=1S/C20H29Cl2N3O3S2/c1-24(2)10-12-30-29-11-7-23-20(27)15-5-8-25(9-6-15)19(26)14-28-18-4-3-16(21)13-17(18)22/h3-4,13,15H,5-12,14H2,1-2H3,(H,23,27). The molecule has 0 atom stereocenters. The molecule has 10 heteroatoms. The van der Waals surface area contributed by atoms with Gasteiger partial charge in [0, 0.05) is 48.6 Å². The number of piperidine rings is 1. The molecule has 2 amide bonds. The Bertz CT molecular complexity index is 702. The maximum absolute atomic E-state index is 12.4. The van der Waals surface area contributed by atoms with Crippen molar-refractivity contribution in [2.45, 2.75) is 12.8 Å². The minimum atomic E-state index is -0.106. The summed E-state index contributed by atoms with van der Waals surface area (Å²) < 4.78 is 5.52. The van der Waals surface area contributed by atoms with Crippen LogP contribution in [0.4, 0.5) is 0 Å². The van der Waals surface area contributed by atoms with Crippen molar-refractivity contribution in [2.75, 3.05) is 58.4 Å². The summed E-state index contributed by atoms with van der Waals surface area (Å²) in [5.74, 6) is 2.35. The normalized spacial score (nSPS) is 14.8. The molecule has 2 rings (SSSR count). The molecule has 0 saturated carbocycles. The zero-order valence-corrected chi connectivity index (χ0v) is 20.5. The van der Waals surface area contributed by atoms with Gasteiger partial charge in [-0.15, -0.1) is 0 Å². The van der Waals surface area contributed by atoms with Crippen molar-refractivity contribution in [1.82, 2.24) is 15.1 Å². The van der Waals surface area contributed by atoms with E-state index in [1.165, 1.54) is 0 Å². The number of amides is 2. The molecular formula is C20H29Cl2N3O3S2. The first-order chi connectivity index (χ1) is 14.4. The van der Waals surface area contributed by atoms with Gasteiger partial charge in [0.1, 0.15) is 5.75 Å². The second-order valence-corrected chi connectivity index (χ2v) is 10.8. The maximum atomic E-state index is 12.4. The first-order valence-electron chi connectivity index (χ1n) is 9.89. The van der Waals surface area contributed by atoms with E-state index in [0.29, 0.717) is 48.3 Å². The van der Waals surface area contributed by atoms with Crippen LogP contribution in [0.1, 0.15) is 12.8 Å². The van der Waals surface area contributed by atoms with Crippen molar-refractivity contribution in [3.05, 3.63) is 28.2 Å². The highest BCUT2D eigenvalue weighted by Gasteiger charge is 2.27. The van der Waals surface area contributed by atoms with Gasteiger partial charge in [-0.2, -0.15) is 0 Å². The Labute approximate surface area is 196 Å². The third-order valence-electron chi connectivity index (χ3n) is 4.65. The Balaban J connectivity index is 1.60. The lowest BCUT2D eigenvalue weighted by atomic mass is 9.96. The van der Waals surface area contributed by atoms with Gasteiger partial charge in [-0.05, 0) is 45.1 Å². The Morgan fingerprint density at radius 2 is 1.90 bits per heavy atom. The van der Waals surface area contributed by atoms with E-state index in [2.05, 4.69) is 24.3 Å². The van der Waals surface area contributed by atoms with Gasteiger partial charge in [0.25, 0.3) is 5.91 Å². The summed E-state index contributed by atoms with van der Waals surface area (Å²) in [7, 11) is 7.74. The van der Waals surface area contributed by atoms with Gasteiger partial charge >= 0.3 is 0 Å². The van der Waals surface area contributed by atoms with Crippen molar-refractivity contribution >= 4 is 56.6 Å². The van der Waals surface area contributed by atoms with Gasteiger partial charge in [-0.25, -0.2) is 0 Å². The number of ether oxygens (including phenoxy) is 1. The van der Waals surface area contributed by atoms with Gasteiger partial charge < -0.3 is 19.9 Å². The van der Waals surface area contributed by atoms with Crippen LogP contribution >= 0.6 is 44.8 Å². The minimum Gasteiger partial charge on any atom is -0.482 e. The summed E-state index contributed by atoms with van der Waals surface area (Å²) in [5.41, 5.74) is 0. The molecule has 1 aliphatic rings. The number of hydrogen-bond acceptors (Lipinski definition) is 6. The second-order valence-electron chi connectivity index (χ2n) is 7.26. The van der Waals surface area contributed by atoms with E-state index in [-0.39, 0.29) is 24.3 Å². The fraction of sp³-hybridized carbons (Fsp3) is 0.600. The third kappa shape index (κ3) is 9.14. The molecule has 30 heavy (non-hydrogen) atoms. The van der Waals surface area contributed by atoms with E-state index in [1.54, 1.807) is 33.9 Å².